The Labute approximate surface area is 344 Å². The van der Waals surface area contributed by atoms with Gasteiger partial charge < -0.3 is 21.1 Å². The minimum absolute atomic E-state index is 0.0843. The van der Waals surface area contributed by atoms with Gasteiger partial charge in [0.25, 0.3) is 0 Å². The Balaban J connectivity index is 4.14. The molecule has 9 heteroatoms. The summed E-state index contributed by atoms with van der Waals surface area (Å²) in [7, 11) is -4.32. The predicted octanol–water partition coefficient (Wildman–Crippen LogP) is 13.1. The molecule has 0 spiro atoms. The molecule has 0 aliphatic heterocycles. The average Bonchev–Trinajstić information content (AvgIpc) is 3.19. The molecule has 1 amide bonds. The van der Waals surface area contributed by atoms with Gasteiger partial charge in [0.2, 0.25) is 5.91 Å². The number of amides is 1. The summed E-state index contributed by atoms with van der Waals surface area (Å²) in [6.45, 7) is 4.08. The van der Waals surface area contributed by atoms with Gasteiger partial charge in [-0.2, -0.15) is 0 Å². The van der Waals surface area contributed by atoms with E-state index in [-0.39, 0.29) is 25.7 Å². The van der Waals surface area contributed by atoms with Crippen molar-refractivity contribution in [1.29, 1.82) is 0 Å². The molecule has 0 bridgehead atoms. The molecule has 56 heavy (non-hydrogen) atoms. The van der Waals surface area contributed by atoms with Crippen LogP contribution in [0.2, 0.25) is 0 Å². The van der Waals surface area contributed by atoms with Crippen molar-refractivity contribution in [2.45, 2.75) is 212 Å². The molecule has 0 fully saturated rings. The minimum atomic E-state index is -4.32. The molecule has 8 nitrogen and oxygen atoms in total. The highest BCUT2D eigenvalue weighted by atomic mass is 31.2. The molecule has 3 atom stereocenters. The van der Waals surface area contributed by atoms with Gasteiger partial charge in [-0.25, -0.2) is 4.57 Å². The number of aliphatic hydroxyl groups is 1. The van der Waals surface area contributed by atoms with E-state index in [1.54, 1.807) is 0 Å². The molecule has 326 valence electrons. The first-order chi connectivity index (χ1) is 27.4. The third-order valence-corrected chi connectivity index (χ3v) is 10.9. The second-order valence-electron chi connectivity index (χ2n) is 15.2. The van der Waals surface area contributed by atoms with Crippen molar-refractivity contribution in [3.63, 3.8) is 0 Å². The van der Waals surface area contributed by atoms with Crippen LogP contribution in [0.1, 0.15) is 200 Å². The Morgan fingerprint density at radius 3 is 1.52 bits per heavy atom. The smallest absolute Gasteiger partial charge is 0.391 e. The van der Waals surface area contributed by atoms with Crippen LogP contribution < -0.4 is 11.1 Å². The van der Waals surface area contributed by atoms with E-state index in [1.165, 1.54) is 89.9 Å². The Kier molecular flexibility index (Phi) is 41.4. The lowest BCUT2D eigenvalue weighted by Crippen LogP contribution is -2.46. The Bertz CT molecular complexity index is 1060. The SMILES string of the molecule is CC/C=C\C/C=C\C/C=C\C/C=C\C/C=C\CCCCCCCCCC(=O)NC(COP(=O)(O)OCCN)C(O)CCCCCCCCCCCCCCCC. The fourth-order valence-electron chi connectivity index (χ4n) is 6.46. The Morgan fingerprint density at radius 1 is 0.607 bits per heavy atom. The first-order valence-electron chi connectivity index (χ1n) is 22.9. The molecule has 0 aromatic rings. The minimum Gasteiger partial charge on any atom is -0.391 e. The molecule has 0 rings (SSSR count). The lowest BCUT2D eigenvalue weighted by Gasteiger charge is -2.25. The highest BCUT2D eigenvalue weighted by Crippen LogP contribution is 2.43. The maximum atomic E-state index is 12.8. The molecule has 0 radical (unpaired) electrons. The third-order valence-electron chi connectivity index (χ3n) is 9.89. The standard InChI is InChI=1S/C47H87N2O6P/c1-3-5-7-9-11-13-15-17-19-20-21-22-23-24-25-26-27-29-31-33-35-37-39-41-47(51)49-45(44-55-56(52,53)54-43-42-48)46(50)40-38-36-34-32-30-28-18-16-14-12-10-8-6-4-2/h5,7,11,13,17,19,21-22,24-25,45-46,50H,3-4,6,8-10,12,14-16,18,20,23,26-44,48H2,1-2H3,(H,49,51)(H,52,53)/b7-5-,13-11-,19-17-,22-21-,25-24-. The van der Waals surface area contributed by atoms with E-state index in [0.717, 1.165) is 83.5 Å². The Morgan fingerprint density at radius 2 is 1.04 bits per heavy atom. The van der Waals surface area contributed by atoms with E-state index in [4.69, 9.17) is 14.8 Å². The van der Waals surface area contributed by atoms with Crippen LogP contribution in [0.25, 0.3) is 0 Å². The number of hydrogen-bond acceptors (Lipinski definition) is 6. The number of nitrogens with one attached hydrogen (secondary N) is 1. The zero-order valence-corrected chi connectivity index (χ0v) is 37.0. The van der Waals surface area contributed by atoms with Gasteiger partial charge in [0, 0.05) is 13.0 Å². The molecule has 5 N–H and O–H groups in total. The second kappa shape index (κ2) is 42.8. The lowest BCUT2D eigenvalue weighted by molar-refractivity contribution is -0.123. The number of carbonyl (C=O) groups excluding carboxylic acids is 1. The molecule has 0 saturated heterocycles. The van der Waals surface area contributed by atoms with Crippen LogP contribution in [-0.4, -0.2) is 47.8 Å². The number of phosphoric ester groups is 1. The van der Waals surface area contributed by atoms with E-state index in [9.17, 15) is 19.4 Å². The molecule has 0 saturated carbocycles. The third kappa shape index (κ3) is 40.4. The van der Waals surface area contributed by atoms with Gasteiger partial charge >= 0.3 is 7.82 Å². The van der Waals surface area contributed by atoms with E-state index in [2.05, 4.69) is 79.9 Å². The number of rotatable bonds is 42. The quantitative estimate of drug-likeness (QED) is 0.0274. The Hall–Kier alpha value is -1.80. The topological polar surface area (TPSA) is 131 Å². The number of aliphatic hydroxyl groups excluding tert-OH is 1. The fraction of sp³-hybridized carbons (Fsp3) is 0.766. The summed E-state index contributed by atoms with van der Waals surface area (Å²) in [5.41, 5.74) is 5.38. The van der Waals surface area contributed by atoms with Gasteiger partial charge in [-0.15, -0.1) is 0 Å². The summed E-state index contributed by atoms with van der Waals surface area (Å²) in [6, 6.07) is -0.783. The first-order valence-corrected chi connectivity index (χ1v) is 24.4. The highest BCUT2D eigenvalue weighted by molar-refractivity contribution is 7.47. The summed E-state index contributed by atoms with van der Waals surface area (Å²) in [5.74, 6) is -0.175. The summed E-state index contributed by atoms with van der Waals surface area (Å²) < 4.78 is 22.2. The summed E-state index contributed by atoms with van der Waals surface area (Å²) in [6.07, 6.45) is 53.7. The first kappa shape index (κ1) is 54.2. The van der Waals surface area contributed by atoms with E-state index in [0.29, 0.717) is 12.8 Å². The van der Waals surface area contributed by atoms with Crippen molar-refractivity contribution in [2.24, 2.45) is 5.73 Å². The van der Waals surface area contributed by atoms with Crippen molar-refractivity contribution in [3.05, 3.63) is 60.8 Å². The van der Waals surface area contributed by atoms with Crippen LogP contribution in [0.15, 0.2) is 60.8 Å². The number of phosphoric acid groups is 1. The van der Waals surface area contributed by atoms with Gasteiger partial charge in [-0.3, -0.25) is 13.8 Å². The number of nitrogens with two attached hydrogens (primary N) is 1. The molecule has 0 aliphatic carbocycles. The number of hydrogen-bond donors (Lipinski definition) is 4. The molecule has 0 aliphatic rings. The van der Waals surface area contributed by atoms with Crippen LogP contribution in [0.4, 0.5) is 0 Å². The molecule has 0 aromatic carbocycles. The van der Waals surface area contributed by atoms with Gasteiger partial charge in [-0.1, -0.05) is 197 Å². The monoisotopic (exact) mass is 807 g/mol. The van der Waals surface area contributed by atoms with E-state index in [1.807, 2.05) is 0 Å². The van der Waals surface area contributed by atoms with Crippen LogP contribution in [0, 0.1) is 0 Å². The van der Waals surface area contributed by atoms with Gasteiger partial charge in [0.15, 0.2) is 0 Å². The molecular weight excluding hydrogens is 719 g/mol. The largest absolute Gasteiger partial charge is 0.472 e. The van der Waals surface area contributed by atoms with E-state index < -0.39 is 20.0 Å². The number of unbranched alkanes of at least 4 members (excludes halogenated alkanes) is 20. The van der Waals surface area contributed by atoms with Crippen LogP contribution in [0.3, 0.4) is 0 Å². The van der Waals surface area contributed by atoms with Crippen LogP contribution >= 0.6 is 7.82 Å². The zero-order valence-electron chi connectivity index (χ0n) is 36.1. The maximum absolute atomic E-state index is 12.8. The zero-order chi connectivity index (χ0) is 41.1. The maximum Gasteiger partial charge on any atom is 0.472 e. The molecule has 0 heterocycles. The fourth-order valence-corrected chi connectivity index (χ4v) is 7.22. The normalized spacial score (nSPS) is 14.6. The van der Waals surface area contributed by atoms with E-state index >= 15 is 0 Å². The van der Waals surface area contributed by atoms with Crippen molar-refractivity contribution in [2.75, 3.05) is 19.8 Å². The molecular formula is C47H87N2O6P. The summed E-state index contributed by atoms with van der Waals surface area (Å²) >= 11 is 0. The predicted molar refractivity (Wildman–Crippen MR) is 240 cm³/mol. The van der Waals surface area contributed by atoms with Crippen molar-refractivity contribution in [3.8, 4) is 0 Å². The van der Waals surface area contributed by atoms with Crippen LogP contribution in [0.5, 0.6) is 0 Å². The van der Waals surface area contributed by atoms with Gasteiger partial charge in [0.1, 0.15) is 0 Å². The second-order valence-corrected chi connectivity index (χ2v) is 16.7. The van der Waals surface area contributed by atoms with Gasteiger partial charge in [0.05, 0.1) is 25.4 Å². The summed E-state index contributed by atoms with van der Waals surface area (Å²) in [4.78, 5) is 22.8. The molecule has 3 unspecified atom stereocenters. The van der Waals surface area contributed by atoms with Gasteiger partial charge in [-0.05, 0) is 57.8 Å². The molecule has 0 aromatic heterocycles. The highest BCUT2D eigenvalue weighted by Gasteiger charge is 2.27. The van der Waals surface area contributed by atoms with Crippen molar-refractivity contribution in [1.82, 2.24) is 5.32 Å². The summed E-state index contributed by atoms with van der Waals surface area (Å²) in [5, 5.41) is 13.8. The number of carbonyl (C=O) groups is 1. The average molecular weight is 807 g/mol. The lowest BCUT2D eigenvalue weighted by atomic mass is 10.0. The van der Waals surface area contributed by atoms with Crippen molar-refractivity contribution < 1.29 is 28.4 Å². The number of allylic oxidation sites excluding steroid dienone is 10. The van der Waals surface area contributed by atoms with Crippen LogP contribution in [-0.2, 0) is 18.4 Å². The van der Waals surface area contributed by atoms with Crippen molar-refractivity contribution >= 4 is 13.7 Å².